The van der Waals surface area contributed by atoms with Gasteiger partial charge in [0.05, 0.1) is 23.8 Å². The quantitative estimate of drug-likeness (QED) is 0.477. The molecular weight excluding hydrogens is 390 g/mol. The van der Waals surface area contributed by atoms with Gasteiger partial charge in [-0.15, -0.1) is 0 Å². The minimum absolute atomic E-state index is 0.0760. The molecule has 156 valence electrons. The summed E-state index contributed by atoms with van der Waals surface area (Å²) < 4.78 is 5.55. The summed E-state index contributed by atoms with van der Waals surface area (Å²) in [5, 5.41) is 21.0. The Labute approximate surface area is 180 Å². The van der Waals surface area contributed by atoms with Crippen molar-refractivity contribution in [3.8, 4) is 51.4 Å². The summed E-state index contributed by atoms with van der Waals surface area (Å²) in [6.07, 6.45) is 0. The molecule has 6 nitrogen and oxygen atoms in total. The van der Waals surface area contributed by atoms with Crippen molar-refractivity contribution in [1.29, 1.82) is 0 Å². The molecule has 0 radical (unpaired) electrons. The highest BCUT2D eigenvalue weighted by Crippen LogP contribution is 2.35. The standard InChI is InChI=1S/C25H23N3O3/c1-14-5-8-17(20(29)11-14)23-26-24(18-9-6-15(2)12-21(18)30)28-25(27-23)19-10-7-16(3)13-22(19)31-4/h5-13,29-30H,1-4H3. The highest BCUT2D eigenvalue weighted by molar-refractivity contribution is 5.74. The Morgan fingerprint density at radius 3 is 1.39 bits per heavy atom. The lowest BCUT2D eigenvalue weighted by Gasteiger charge is -2.13. The molecule has 4 rings (SSSR count). The molecule has 0 spiro atoms. The van der Waals surface area contributed by atoms with Crippen LogP contribution in [0.1, 0.15) is 16.7 Å². The Hall–Kier alpha value is -3.93. The molecule has 4 aromatic rings. The molecule has 31 heavy (non-hydrogen) atoms. The highest BCUT2D eigenvalue weighted by Gasteiger charge is 2.18. The minimum Gasteiger partial charge on any atom is -0.507 e. The molecule has 1 aromatic heterocycles. The van der Waals surface area contributed by atoms with E-state index < -0.39 is 0 Å². The van der Waals surface area contributed by atoms with Gasteiger partial charge in [0.15, 0.2) is 17.5 Å². The molecule has 0 unspecified atom stereocenters. The lowest BCUT2D eigenvalue weighted by Crippen LogP contribution is -2.02. The molecule has 2 N–H and O–H groups in total. The molecule has 0 atom stereocenters. The number of nitrogens with zero attached hydrogens (tertiary/aromatic N) is 3. The molecule has 3 aromatic carbocycles. The molecule has 0 aliphatic heterocycles. The Kier molecular flexibility index (Phi) is 5.29. The van der Waals surface area contributed by atoms with Gasteiger partial charge in [-0.3, -0.25) is 0 Å². The van der Waals surface area contributed by atoms with Crippen molar-refractivity contribution in [2.45, 2.75) is 20.8 Å². The van der Waals surface area contributed by atoms with Crippen molar-refractivity contribution in [1.82, 2.24) is 15.0 Å². The van der Waals surface area contributed by atoms with Gasteiger partial charge in [-0.1, -0.05) is 18.2 Å². The van der Waals surface area contributed by atoms with Crippen molar-refractivity contribution in [3.63, 3.8) is 0 Å². The van der Waals surface area contributed by atoms with Gasteiger partial charge in [0, 0.05) is 0 Å². The molecule has 6 heteroatoms. The van der Waals surface area contributed by atoms with Crippen LogP contribution >= 0.6 is 0 Å². The summed E-state index contributed by atoms with van der Waals surface area (Å²) in [4.78, 5) is 13.8. The van der Waals surface area contributed by atoms with Gasteiger partial charge >= 0.3 is 0 Å². The average Bonchev–Trinajstić information content (AvgIpc) is 2.73. The lowest BCUT2D eigenvalue weighted by molar-refractivity contribution is 0.416. The number of ether oxygens (including phenoxy) is 1. The van der Waals surface area contributed by atoms with Crippen LogP contribution in [0.15, 0.2) is 54.6 Å². The van der Waals surface area contributed by atoms with Crippen molar-refractivity contribution in [2.75, 3.05) is 7.11 Å². The first kappa shape index (κ1) is 20.3. The number of methoxy groups -OCH3 is 1. The predicted molar refractivity (Wildman–Crippen MR) is 120 cm³/mol. The predicted octanol–water partition coefficient (Wildman–Crippen LogP) is 5.22. The average molecular weight is 413 g/mol. The van der Waals surface area contributed by atoms with E-state index in [1.54, 1.807) is 31.4 Å². The number of aromatic nitrogens is 3. The van der Waals surface area contributed by atoms with Crippen LogP contribution in [0.25, 0.3) is 34.2 Å². The number of benzene rings is 3. The van der Waals surface area contributed by atoms with Crippen LogP contribution in [0.4, 0.5) is 0 Å². The van der Waals surface area contributed by atoms with Gasteiger partial charge in [-0.05, 0) is 73.9 Å². The van der Waals surface area contributed by atoms with Gasteiger partial charge in [0.2, 0.25) is 0 Å². The van der Waals surface area contributed by atoms with Gasteiger partial charge < -0.3 is 14.9 Å². The Bertz CT molecular complexity index is 1220. The molecular formula is C25H23N3O3. The first-order valence-electron chi connectivity index (χ1n) is 9.87. The maximum Gasteiger partial charge on any atom is 0.167 e. The van der Waals surface area contributed by atoms with E-state index in [0.717, 1.165) is 16.7 Å². The maximum atomic E-state index is 10.5. The number of hydrogen-bond acceptors (Lipinski definition) is 6. The van der Waals surface area contributed by atoms with E-state index in [4.69, 9.17) is 4.74 Å². The normalized spacial score (nSPS) is 10.8. The number of phenolic OH excluding ortho intramolecular Hbond substituents is 2. The van der Waals surface area contributed by atoms with E-state index >= 15 is 0 Å². The fourth-order valence-electron chi connectivity index (χ4n) is 3.38. The zero-order valence-electron chi connectivity index (χ0n) is 17.8. The van der Waals surface area contributed by atoms with Crippen LogP contribution in [-0.2, 0) is 0 Å². The van der Waals surface area contributed by atoms with Crippen molar-refractivity contribution < 1.29 is 14.9 Å². The Morgan fingerprint density at radius 1 is 0.581 bits per heavy atom. The summed E-state index contributed by atoms with van der Waals surface area (Å²) in [5.74, 6) is 1.78. The summed E-state index contributed by atoms with van der Waals surface area (Å²) in [5.41, 5.74) is 4.54. The van der Waals surface area contributed by atoms with Crippen LogP contribution in [0.3, 0.4) is 0 Å². The maximum absolute atomic E-state index is 10.5. The fourth-order valence-corrected chi connectivity index (χ4v) is 3.38. The second-order valence-corrected chi connectivity index (χ2v) is 7.55. The van der Waals surface area contributed by atoms with Crippen LogP contribution in [0.2, 0.25) is 0 Å². The second-order valence-electron chi connectivity index (χ2n) is 7.55. The van der Waals surface area contributed by atoms with Gasteiger partial charge in [-0.2, -0.15) is 0 Å². The van der Waals surface area contributed by atoms with Gasteiger partial charge in [-0.25, -0.2) is 15.0 Å². The molecule has 0 bridgehead atoms. The lowest BCUT2D eigenvalue weighted by atomic mass is 10.1. The fraction of sp³-hybridized carbons (Fsp3) is 0.160. The van der Waals surface area contributed by atoms with E-state index in [1.165, 1.54) is 0 Å². The molecule has 0 saturated heterocycles. The third-order valence-electron chi connectivity index (χ3n) is 5.02. The summed E-state index contributed by atoms with van der Waals surface area (Å²) in [6, 6.07) is 16.4. The Morgan fingerprint density at radius 2 is 0.968 bits per heavy atom. The molecule has 0 aliphatic carbocycles. The number of aryl methyl sites for hydroxylation is 3. The summed E-state index contributed by atoms with van der Waals surface area (Å²) in [7, 11) is 1.60. The third-order valence-corrected chi connectivity index (χ3v) is 5.02. The number of rotatable bonds is 4. The van der Waals surface area contributed by atoms with Crippen LogP contribution in [0.5, 0.6) is 17.2 Å². The zero-order valence-corrected chi connectivity index (χ0v) is 17.8. The summed E-state index contributed by atoms with van der Waals surface area (Å²) in [6.45, 7) is 5.77. The second kappa shape index (κ2) is 8.07. The first-order chi connectivity index (χ1) is 14.9. The molecule has 0 amide bonds. The largest absolute Gasteiger partial charge is 0.507 e. The van der Waals surface area contributed by atoms with Crippen molar-refractivity contribution >= 4 is 0 Å². The number of hydrogen-bond donors (Lipinski definition) is 2. The van der Waals surface area contributed by atoms with Crippen LogP contribution < -0.4 is 4.74 Å². The molecule has 0 saturated carbocycles. The van der Waals surface area contributed by atoms with E-state index in [0.29, 0.717) is 39.9 Å². The van der Waals surface area contributed by atoms with Gasteiger partial charge in [0.1, 0.15) is 17.2 Å². The molecule has 0 aliphatic rings. The smallest absolute Gasteiger partial charge is 0.167 e. The number of aromatic hydroxyl groups is 2. The first-order valence-corrected chi connectivity index (χ1v) is 9.87. The Balaban J connectivity index is 1.99. The van der Waals surface area contributed by atoms with Crippen molar-refractivity contribution in [3.05, 3.63) is 71.3 Å². The van der Waals surface area contributed by atoms with E-state index in [1.807, 2.05) is 51.1 Å². The zero-order chi connectivity index (χ0) is 22.1. The van der Waals surface area contributed by atoms with E-state index in [9.17, 15) is 10.2 Å². The van der Waals surface area contributed by atoms with Crippen molar-refractivity contribution in [2.24, 2.45) is 0 Å². The molecule has 0 fully saturated rings. The van der Waals surface area contributed by atoms with E-state index in [2.05, 4.69) is 15.0 Å². The van der Waals surface area contributed by atoms with E-state index in [-0.39, 0.29) is 11.5 Å². The highest BCUT2D eigenvalue weighted by atomic mass is 16.5. The molecule has 1 heterocycles. The number of phenols is 2. The van der Waals surface area contributed by atoms with Crippen LogP contribution in [0, 0.1) is 20.8 Å². The third kappa shape index (κ3) is 4.05. The summed E-state index contributed by atoms with van der Waals surface area (Å²) >= 11 is 0. The minimum atomic E-state index is 0.0760. The SMILES string of the molecule is COc1cc(C)ccc1-c1nc(-c2ccc(C)cc2O)nc(-c2ccc(C)cc2O)n1. The van der Waals surface area contributed by atoms with Crippen LogP contribution in [-0.4, -0.2) is 32.3 Å². The monoisotopic (exact) mass is 413 g/mol. The van der Waals surface area contributed by atoms with Gasteiger partial charge in [0.25, 0.3) is 0 Å². The topological polar surface area (TPSA) is 88.4 Å².